The minimum atomic E-state index is -0.105. The summed E-state index contributed by atoms with van der Waals surface area (Å²) in [4.78, 5) is 10.3. The first-order chi connectivity index (χ1) is 7.60. The number of phenols is 1. The lowest BCUT2D eigenvalue weighted by molar-refractivity contribution is -0.143. The fourth-order valence-corrected chi connectivity index (χ4v) is 0.863. The highest BCUT2D eigenvalue weighted by molar-refractivity contribution is 5.68. The summed E-state index contributed by atoms with van der Waals surface area (Å²) < 4.78 is 4.70. The molecule has 0 unspecified atom stereocenters. The molecule has 0 saturated carbocycles. The van der Waals surface area contributed by atoms with Crippen molar-refractivity contribution in [1.29, 1.82) is 0 Å². The van der Waals surface area contributed by atoms with Gasteiger partial charge in [0.05, 0.1) is 6.61 Å². The Morgan fingerprint density at radius 3 is 2.19 bits per heavy atom. The van der Waals surface area contributed by atoms with E-state index in [4.69, 9.17) is 9.84 Å². The van der Waals surface area contributed by atoms with Crippen molar-refractivity contribution < 1.29 is 14.6 Å². The molecule has 0 spiro atoms. The molecule has 3 heteroatoms. The number of ether oxygens (including phenoxy) is 1. The average Bonchev–Trinajstić information content (AvgIpc) is 2.30. The highest BCUT2D eigenvalue weighted by Crippen LogP contribution is 2.07. The monoisotopic (exact) mass is 224 g/mol. The van der Waals surface area contributed by atoms with E-state index in [1.807, 2.05) is 26.0 Å². The van der Waals surface area contributed by atoms with Crippen molar-refractivity contribution in [3.63, 3.8) is 0 Å². The van der Waals surface area contributed by atoms with Crippen LogP contribution in [0.15, 0.2) is 24.3 Å². The minimum Gasteiger partial charge on any atom is -0.508 e. The Hall–Kier alpha value is -1.51. The largest absolute Gasteiger partial charge is 0.508 e. The van der Waals surface area contributed by atoms with Crippen LogP contribution in [0.1, 0.15) is 32.3 Å². The Bertz CT molecular complexity index is 270. The van der Waals surface area contributed by atoms with Gasteiger partial charge in [-0.3, -0.25) is 4.79 Å². The second kappa shape index (κ2) is 8.77. The summed E-state index contributed by atoms with van der Waals surface area (Å²) in [6, 6.07) is 7.09. The van der Waals surface area contributed by atoms with Gasteiger partial charge in [0.1, 0.15) is 5.75 Å². The van der Waals surface area contributed by atoms with E-state index in [-0.39, 0.29) is 5.97 Å². The van der Waals surface area contributed by atoms with Crippen LogP contribution in [-0.2, 0) is 9.53 Å². The molecule has 0 fully saturated rings. The molecule has 0 atom stereocenters. The highest BCUT2D eigenvalue weighted by Gasteiger charge is 1.93. The van der Waals surface area contributed by atoms with Gasteiger partial charge >= 0.3 is 5.97 Å². The van der Waals surface area contributed by atoms with Gasteiger partial charge in [-0.25, -0.2) is 0 Å². The summed E-state index contributed by atoms with van der Waals surface area (Å²) in [5.41, 5.74) is 1.17. The molecule has 90 valence electrons. The van der Waals surface area contributed by atoms with Crippen LogP contribution >= 0.6 is 0 Å². The fourth-order valence-electron chi connectivity index (χ4n) is 0.863. The third-order valence-electron chi connectivity index (χ3n) is 1.79. The van der Waals surface area contributed by atoms with E-state index in [1.165, 1.54) is 5.56 Å². The van der Waals surface area contributed by atoms with Gasteiger partial charge in [0, 0.05) is 6.42 Å². The molecule has 1 aromatic carbocycles. The van der Waals surface area contributed by atoms with Crippen molar-refractivity contribution in [2.45, 2.75) is 33.6 Å². The van der Waals surface area contributed by atoms with Crippen molar-refractivity contribution in [2.24, 2.45) is 0 Å². The van der Waals surface area contributed by atoms with Crippen LogP contribution in [0.3, 0.4) is 0 Å². The van der Waals surface area contributed by atoms with E-state index in [1.54, 1.807) is 19.1 Å². The second-order valence-electron chi connectivity index (χ2n) is 3.41. The Morgan fingerprint density at radius 1 is 1.25 bits per heavy atom. The van der Waals surface area contributed by atoms with Crippen molar-refractivity contribution in [3.8, 4) is 5.75 Å². The average molecular weight is 224 g/mol. The maximum Gasteiger partial charge on any atom is 0.305 e. The van der Waals surface area contributed by atoms with Gasteiger partial charge in [0.25, 0.3) is 0 Å². The predicted octanol–water partition coefficient (Wildman–Crippen LogP) is 3.05. The third kappa shape index (κ3) is 7.85. The summed E-state index contributed by atoms with van der Waals surface area (Å²) in [5, 5.41) is 8.76. The summed E-state index contributed by atoms with van der Waals surface area (Å²) in [5.74, 6) is 0.224. The molecule has 0 aliphatic rings. The van der Waals surface area contributed by atoms with Gasteiger partial charge in [-0.15, -0.1) is 0 Å². The minimum absolute atomic E-state index is 0.105. The quantitative estimate of drug-likeness (QED) is 0.803. The number of carbonyl (C=O) groups is 1. The normalized spacial score (nSPS) is 8.94. The molecule has 0 saturated heterocycles. The molecule has 0 aliphatic carbocycles. The van der Waals surface area contributed by atoms with Crippen LogP contribution in [0.25, 0.3) is 0 Å². The lowest BCUT2D eigenvalue weighted by atomic mass is 10.2. The van der Waals surface area contributed by atoms with Gasteiger partial charge in [0.2, 0.25) is 0 Å². The Morgan fingerprint density at radius 2 is 1.81 bits per heavy atom. The summed E-state index contributed by atoms with van der Waals surface area (Å²) in [6.45, 7) is 6.31. The third-order valence-corrected chi connectivity index (χ3v) is 1.79. The number of aryl methyl sites for hydroxylation is 1. The van der Waals surface area contributed by atoms with Gasteiger partial charge in [-0.2, -0.15) is 0 Å². The molecule has 1 N–H and O–H groups in total. The van der Waals surface area contributed by atoms with Crippen molar-refractivity contribution in [3.05, 3.63) is 29.8 Å². The predicted molar refractivity (Wildman–Crippen MR) is 64.4 cm³/mol. The van der Waals surface area contributed by atoms with Crippen molar-refractivity contribution in [1.82, 2.24) is 0 Å². The van der Waals surface area contributed by atoms with E-state index in [2.05, 4.69) is 0 Å². The number of phenolic OH excluding ortho intramolecular Hbond substituents is 1. The first kappa shape index (κ1) is 14.5. The summed E-state index contributed by atoms with van der Waals surface area (Å²) in [6.07, 6.45) is 1.39. The number of benzene rings is 1. The molecule has 0 heterocycles. The Balaban J connectivity index is 0.000000281. The molecule has 0 aliphatic heterocycles. The molecular weight excluding hydrogens is 204 g/mol. The van der Waals surface area contributed by atoms with Gasteiger partial charge in [0.15, 0.2) is 0 Å². The van der Waals surface area contributed by atoms with Crippen LogP contribution < -0.4 is 0 Å². The van der Waals surface area contributed by atoms with Crippen LogP contribution in [0, 0.1) is 6.92 Å². The molecule has 1 aromatic rings. The standard InChI is InChI=1S/C7H8O.C6H12O2/c1-6-2-4-7(8)5-3-6;1-3-5-8-6(7)4-2/h2-5,8H,1H3;3-5H2,1-2H3. The number of hydrogen-bond acceptors (Lipinski definition) is 3. The SMILES string of the molecule is CCCOC(=O)CC.Cc1ccc(O)cc1. The lowest BCUT2D eigenvalue weighted by Gasteiger charge is -1.97. The van der Waals surface area contributed by atoms with Crippen LogP contribution in [0.2, 0.25) is 0 Å². The number of aromatic hydroxyl groups is 1. The molecule has 0 bridgehead atoms. The lowest BCUT2D eigenvalue weighted by Crippen LogP contribution is -2.02. The summed E-state index contributed by atoms with van der Waals surface area (Å²) in [7, 11) is 0. The first-order valence-electron chi connectivity index (χ1n) is 5.51. The molecule has 0 radical (unpaired) electrons. The van der Waals surface area contributed by atoms with Crippen LogP contribution in [0.4, 0.5) is 0 Å². The van der Waals surface area contributed by atoms with E-state index >= 15 is 0 Å². The molecule has 3 nitrogen and oxygen atoms in total. The number of carbonyl (C=O) groups excluding carboxylic acids is 1. The second-order valence-corrected chi connectivity index (χ2v) is 3.41. The highest BCUT2D eigenvalue weighted by atomic mass is 16.5. The molecule has 1 rings (SSSR count). The zero-order valence-corrected chi connectivity index (χ0v) is 10.2. The van der Waals surface area contributed by atoms with Crippen LogP contribution in [-0.4, -0.2) is 17.7 Å². The zero-order valence-electron chi connectivity index (χ0n) is 10.2. The molecule has 0 amide bonds. The van der Waals surface area contributed by atoms with Crippen molar-refractivity contribution >= 4 is 5.97 Å². The van der Waals surface area contributed by atoms with E-state index in [9.17, 15) is 4.79 Å². The maximum absolute atomic E-state index is 10.3. The van der Waals surface area contributed by atoms with Gasteiger partial charge < -0.3 is 9.84 Å². The van der Waals surface area contributed by atoms with E-state index < -0.39 is 0 Å². The fraction of sp³-hybridized carbons (Fsp3) is 0.462. The van der Waals surface area contributed by atoms with Gasteiger partial charge in [-0.05, 0) is 25.5 Å². The van der Waals surface area contributed by atoms with Crippen LogP contribution in [0.5, 0.6) is 5.75 Å². The Labute approximate surface area is 97.1 Å². The summed E-state index contributed by atoms with van der Waals surface area (Å²) >= 11 is 0. The molecular formula is C13H20O3. The van der Waals surface area contributed by atoms with E-state index in [0.29, 0.717) is 18.8 Å². The Kier molecular flexibility index (Phi) is 7.94. The molecule has 0 aromatic heterocycles. The zero-order chi connectivity index (χ0) is 12.4. The number of hydrogen-bond donors (Lipinski definition) is 1. The number of rotatable bonds is 3. The number of esters is 1. The van der Waals surface area contributed by atoms with Crippen molar-refractivity contribution in [2.75, 3.05) is 6.61 Å². The maximum atomic E-state index is 10.3. The first-order valence-corrected chi connectivity index (χ1v) is 5.51. The van der Waals surface area contributed by atoms with E-state index in [0.717, 1.165) is 6.42 Å². The van der Waals surface area contributed by atoms with Gasteiger partial charge in [-0.1, -0.05) is 31.5 Å². The topological polar surface area (TPSA) is 46.5 Å². The smallest absolute Gasteiger partial charge is 0.305 e. The molecule has 16 heavy (non-hydrogen) atoms.